The minimum atomic E-state index is -0.466. The second kappa shape index (κ2) is 8.02. The molecule has 0 aliphatic rings. The monoisotopic (exact) mass is 333 g/mol. The molecule has 0 amide bonds. The number of carbonyl (C=O) groups is 1. The first-order valence-electron chi connectivity index (χ1n) is 8.00. The molecule has 0 aliphatic heterocycles. The van der Waals surface area contributed by atoms with E-state index >= 15 is 0 Å². The van der Waals surface area contributed by atoms with Crippen molar-refractivity contribution in [2.24, 2.45) is 0 Å². The Balaban J connectivity index is 1.66. The van der Waals surface area contributed by atoms with Crippen LogP contribution in [-0.2, 0) is 18.0 Å². The molecule has 0 bridgehead atoms. The van der Waals surface area contributed by atoms with Gasteiger partial charge in [0, 0.05) is 0 Å². The zero-order chi connectivity index (χ0) is 17.5. The third-order valence-corrected chi connectivity index (χ3v) is 3.74. The highest BCUT2D eigenvalue weighted by Gasteiger charge is 2.15. The summed E-state index contributed by atoms with van der Waals surface area (Å²) in [5, 5.41) is 0. The van der Waals surface area contributed by atoms with Crippen LogP contribution in [0.1, 0.15) is 21.5 Å². The summed E-state index contributed by atoms with van der Waals surface area (Å²) < 4.78 is 11.1. The summed E-state index contributed by atoms with van der Waals surface area (Å²) in [6, 6.07) is 24.4. The van der Waals surface area contributed by atoms with Crippen molar-refractivity contribution in [1.82, 2.24) is 0 Å². The summed E-state index contributed by atoms with van der Waals surface area (Å²) in [5.41, 5.74) is 8.64. The summed E-state index contributed by atoms with van der Waals surface area (Å²) in [7, 11) is 0. The number of hydrogen-bond acceptors (Lipinski definition) is 4. The van der Waals surface area contributed by atoms with Crippen LogP contribution >= 0.6 is 0 Å². The number of para-hydroxylation sites is 1. The van der Waals surface area contributed by atoms with E-state index in [0.29, 0.717) is 17.9 Å². The van der Waals surface area contributed by atoms with Crippen LogP contribution in [0.15, 0.2) is 78.9 Å². The Labute approximate surface area is 146 Å². The molecule has 0 radical (unpaired) electrons. The number of esters is 1. The molecule has 0 aromatic heterocycles. The van der Waals surface area contributed by atoms with Crippen molar-refractivity contribution in [1.29, 1.82) is 0 Å². The van der Waals surface area contributed by atoms with E-state index in [9.17, 15) is 4.79 Å². The Morgan fingerprint density at radius 1 is 0.760 bits per heavy atom. The van der Waals surface area contributed by atoms with Crippen LogP contribution in [0.4, 0.5) is 5.69 Å². The first kappa shape index (κ1) is 16.6. The molecule has 4 heteroatoms. The van der Waals surface area contributed by atoms with E-state index in [1.807, 2.05) is 60.7 Å². The van der Waals surface area contributed by atoms with Crippen LogP contribution in [-0.4, -0.2) is 5.97 Å². The third kappa shape index (κ3) is 4.38. The quantitative estimate of drug-likeness (QED) is 0.542. The van der Waals surface area contributed by atoms with Gasteiger partial charge < -0.3 is 15.2 Å². The Morgan fingerprint density at radius 2 is 1.36 bits per heavy atom. The maximum absolute atomic E-state index is 12.3. The number of carbonyl (C=O) groups excluding carboxylic acids is 1. The normalized spacial score (nSPS) is 10.2. The molecule has 25 heavy (non-hydrogen) atoms. The minimum Gasteiger partial charge on any atom is -0.487 e. The molecular weight excluding hydrogens is 314 g/mol. The van der Waals surface area contributed by atoms with Crippen LogP contribution in [0.25, 0.3) is 0 Å². The average Bonchev–Trinajstić information content (AvgIpc) is 2.67. The number of rotatable bonds is 6. The molecule has 3 aromatic rings. The smallest absolute Gasteiger partial charge is 0.340 e. The second-order valence-electron chi connectivity index (χ2n) is 5.55. The average molecular weight is 333 g/mol. The van der Waals surface area contributed by atoms with Crippen LogP contribution in [0, 0.1) is 0 Å². The first-order chi connectivity index (χ1) is 12.2. The third-order valence-electron chi connectivity index (χ3n) is 3.74. The zero-order valence-electron chi connectivity index (χ0n) is 13.7. The fourth-order valence-electron chi connectivity index (χ4n) is 2.38. The van der Waals surface area contributed by atoms with Gasteiger partial charge in [-0.25, -0.2) is 4.79 Å². The Bertz CT molecular complexity index is 832. The minimum absolute atomic E-state index is 0.203. The fraction of sp³-hybridized carbons (Fsp3) is 0.0952. The van der Waals surface area contributed by atoms with Crippen molar-refractivity contribution in [2.45, 2.75) is 13.2 Å². The highest BCUT2D eigenvalue weighted by Crippen LogP contribution is 2.27. The summed E-state index contributed by atoms with van der Waals surface area (Å²) >= 11 is 0. The van der Waals surface area contributed by atoms with Gasteiger partial charge in [0.25, 0.3) is 0 Å². The van der Waals surface area contributed by atoms with E-state index < -0.39 is 5.97 Å². The molecule has 4 nitrogen and oxygen atoms in total. The van der Waals surface area contributed by atoms with Gasteiger partial charge in [0.05, 0.1) is 11.3 Å². The van der Waals surface area contributed by atoms with Crippen molar-refractivity contribution in [3.8, 4) is 5.75 Å². The Kier molecular flexibility index (Phi) is 5.32. The molecule has 0 saturated carbocycles. The summed E-state index contributed by atoms with van der Waals surface area (Å²) in [6.07, 6.45) is 0. The summed E-state index contributed by atoms with van der Waals surface area (Å²) in [5.74, 6) is 0.00419. The summed E-state index contributed by atoms with van der Waals surface area (Å²) in [4.78, 5) is 12.3. The van der Waals surface area contributed by atoms with Crippen LogP contribution in [0.5, 0.6) is 5.75 Å². The standard InChI is InChI=1S/C21H19NO3/c22-20-18(21(23)25-15-17-10-5-2-6-11-17)12-7-13-19(20)24-14-16-8-3-1-4-9-16/h1-13H,14-15,22H2. The molecular formula is C21H19NO3. The lowest BCUT2D eigenvalue weighted by atomic mass is 10.1. The van der Waals surface area contributed by atoms with Crippen LogP contribution in [0.2, 0.25) is 0 Å². The molecule has 0 fully saturated rings. The van der Waals surface area contributed by atoms with Gasteiger partial charge in [-0.3, -0.25) is 0 Å². The highest BCUT2D eigenvalue weighted by molar-refractivity contribution is 5.96. The lowest BCUT2D eigenvalue weighted by Crippen LogP contribution is -2.09. The second-order valence-corrected chi connectivity index (χ2v) is 5.55. The lowest BCUT2D eigenvalue weighted by Gasteiger charge is -2.12. The van der Waals surface area contributed by atoms with E-state index in [-0.39, 0.29) is 12.3 Å². The maximum atomic E-state index is 12.3. The van der Waals surface area contributed by atoms with Gasteiger partial charge in [-0.2, -0.15) is 0 Å². The number of nitrogens with two attached hydrogens (primary N) is 1. The molecule has 126 valence electrons. The topological polar surface area (TPSA) is 61.5 Å². The van der Waals surface area contributed by atoms with E-state index in [1.54, 1.807) is 18.2 Å². The molecule has 0 unspecified atom stereocenters. The fourth-order valence-corrected chi connectivity index (χ4v) is 2.38. The van der Waals surface area contributed by atoms with Gasteiger partial charge in [0.2, 0.25) is 0 Å². The first-order valence-corrected chi connectivity index (χ1v) is 8.00. The van der Waals surface area contributed by atoms with Gasteiger partial charge in [-0.15, -0.1) is 0 Å². The highest BCUT2D eigenvalue weighted by atomic mass is 16.5. The summed E-state index contributed by atoms with van der Waals surface area (Å²) in [6.45, 7) is 0.585. The Hall–Kier alpha value is -3.27. The predicted molar refractivity (Wildman–Crippen MR) is 97.2 cm³/mol. The number of benzene rings is 3. The molecule has 0 saturated heterocycles. The van der Waals surface area contributed by atoms with E-state index in [0.717, 1.165) is 11.1 Å². The maximum Gasteiger partial charge on any atom is 0.340 e. The number of hydrogen-bond donors (Lipinski definition) is 1. The molecule has 0 aliphatic carbocycles. The molecule has 0 heterocycles. The van der Waals surface area contributed by atoms with Gasteiger partial charge in [-0.05, 0) is 23.3 Å². The number of anilines is 1. The van der Waals surface area contributed by atoms with Crippen LogP contribution < -0.4 is 10.5 Å². The van der Waals surface area contributed by atoms with Crippen molar-refractivity contribution < 1.29 is 14.3 Å². The molecule has 3 aromatic carbocycles. The van der Waals surface area contributed by atoms with Crippen molar-refractivity contribution in [2.75, 3.05) is 5.73 Å². The zero-order valence-corrected chi connectivity index (χ0v) is 13.7. The largest absolute Gasteiger partial charge is 0.487 e. The SMILES string of the molecule is Nc1c(OCc2ccccc2)cccc1C(=O)OCc1ccccc1. The van der Waals surface area contributed by atoms with Gasteiger partial charge in [-0.1, -0.05) is 66.7 Å². The van der Waals surface area contributed by atoms with Crippen molar-refractivity contribution >= 4 is 11.7 Å². The molecule has 2 N–H and O–H groups in total. The van der Waals surface area contributed by atoms with Gasteiger partial charge >= 0.3 is 5.97 Å². The van der Waals surface area contributed by atoms with E-state index in [1.165, 1.54) is 0 Å². The molecule has 0 spiro atoms. The van der Waals surface area contributed by atoms with Gasteiger partial charge in [0.1, 0.15) is 19.0 Å². The van der Waals surface area contributed by atoms with Gasteiger partial charge in [0.15, 0.2) is 0 Å². The van der Waals surface area contributed by atoms with Crippen molar-refractivity contribution in [3.63, 3.8) is 0 Å². The number of ether oxygens (including phenoxy) is 2. The molecule has 3 rings (SSSR count). The van der Waals surface area contributed by atoms with Crippen LogP contribution in [0.3, 0.4) is 0 Å². The lowest BCUT2D eigenvalue weighted by molar-refractivity contribution is 0.0473. The van der Waals surface area contributed by atoms with E-state index in [2.05, 4.69) is 0 Å². The molecule has 0 atom stereocenters. The van der Waals surface area contributed by atoms with Crippen molar-refractivity contribution in [3.05, 3.63) is 95.6 Å². The Morgan fingerprint density at radius 3 is 2.00 bits per heavy atom. The van der Waals surface area contributed by atoms with E-state index in [4.69, 9.17) is 15.2 Å². The predicted octanol–water partition coefficient (Wildman–Crippen LogP) is 4.20. The number of nitrogen functional groups attached to an aromatic ring is 1.